The molecule has 3 aromatic rings. The molecule has 1 amide bonds. The zero-order valence-corrected chi connectivity index (χ0v) is 16.4. The number of hydrogen-bond acceptors (Lipinski definition) is 4. The first-order valence-corrected chi connectivity index (χ1v) is 9.39. The second-order valence-electron chi connectivity index (χ2n) is 5.94. The van der Waals surface area contributed by atoms with Gasteiger partial charge in [0, 0.05) is 17.5 Å². The molecule has 0 atom stereocenters. The van der Waals surface area contributed by atoms with E-state index in [1.165, 1.54) is 18.3 Å². The Balaban J connectivity index is 2.10. The SMILES string of the molecule is CC(=O)Nc1sc(C(C#N)=Cc2ccccc2Cl)nc1-c1ccc(C)cc1. The van der Waals surface area contributed by atoms with Gasteiger partial charge in [-0.3, -0.25) is 4.79 Å². The van der Waals surface area contributed by atoms with Crippen molar-refractivity contribution in [2.24, 2.45) is 0 Å². The molecule has 4 nitrogen and oxygen atoms in total. The summed E-state index contributed by atoms with van der Waals surface area (Å²) < 4.78 is 0. The first kappa shape index (κ1) is 18.8. The molecule has 0 spiro atoms. The summed E-state index contributed by atoms with van der Waals surface area (Å²) in [5.41, 5.74) is 3.78. The maximum Gasteiger partial charge on any atom is 0.221 e. The van der Waals surface area contributed by atoms with E-state index in [0.29, 0.717) is 26.3 Å². The molecule has 0 saturated heterocycles. The summed E-state index contributed by atoms with van der Waals surface area (Å²) in [6, 6.07) is 17.3. The van der Waals surface area contributed by atoms with Crippen LogP contribution in [0.15, 0.2) is 48.5 Å². The number of hydrogen-bond donors (Lipinski definition) is 1. The Bertz CT molecular complexity index is 1060. The van der Waals surface area contributed by atoms with Crippen LogP contribution >= 0.6 is 22.9 Å². The highest BCUT2D eigenvalue weighted by atomic mass is 35.5. The lowest BCUT2D eigenvalue weighted by Gasteiger charge is -2.03. The van der Waals surface area contributed by atoms with E-state index in [-0.39, 0.29) is 5.91 Å². The van der Waals surface area contributed by atoms with Crippen molar-refractivity contribution >= 4 is 45.5 Å². The zero-order chi connectivity index (χ0) is 19.4. The van der Waals surface area contributed by atoms with Crippen LogP contribution in [0.2, 0.25) is 5.02 Å². The van der Waals surface area contributed by atoms with Crippen molar-refractivity contribution in [2.45, 2.75) is 13.8 Å². The van der Waals surface area contributed by atoms with Gasteiger partial charge < -0.3 is 5.32 Å². The number of rotatable bonds is 4. The molecule has 6 heteroatoms. The minimum absolute atomic E-state index is 0.188. The van der Waals surface area contributed by atoms with Gasteiger partial charge in [0.25, 0.3) is 0 Å². The van der Waals surface area contributed by atoms with E-state index < -0.39 is 0 Å². The molecule has 0 bridgehead atoms. The van der Waals surface area contributed by atoms with Crippen LogP contribution in [0, 0.1) is 18.3 Å². The summed E-state index contributed by atoms with van der Waals surface area (Å²) in [4.78, 5) is 16.2. The average molecular weight is 394 g/mol. The third kappa shape index (κ3) is 4.43. The van der Waals surface area contributed by atoms with Gasteiger partial charge in [0.2, 0.25) is 5.91 Å². The molecule has 0 unspecified atom stereocenters. The number of nitrogens with one attached hydrogen (secondary N) is 1. The van der Waals surface area contributed by atoms with Crippen LogP contribution in [0.25, 0.3) is 22.9 Å². The number of allylic oxidation sites excluding steroid dienone is 1. The maximum absolute atomic E-state index is 11.6. The summed E-state index contributed by atoms with van der Waals surface area (Å²) in [5, 5.41) is 14.1. The first-order chi connectivity index (χ1) is 13.0. The van der Waals surface area contributed by atoms with Gasteiger partial charge in [-0.15, -0.1) is 0 Å². The van der Waals surface area contributed by atoms with Gasteiger partial charge in [-0.2, -0.15) is 5.26 Å². The van der Waals surface area contributed by atoms with Gasteiger partial charge in [-0.25, -0.2) is 4.98 Å². The molecular weight excluding hydrogens is 378 g/mol. The van der Waals surface area contributed by atoms with Gasteiger partial charge in [0.15, 0.2) is 0 Å². The number of nitrogens with zero attached hydrogens (tertiary/aromatic N) is 2. The standard InChI is InChI=1S/C21H16ClN3OS/c1-13-7-9-15(10-8-13)19-21(24-14(2)26)27-20(25-19)17(12-23)11-16-5-3-4-6-18(16)22/h3-11H,1-2H3,(H,24,26). The van der Waals surface area contributed by atoms with Gasteiger partial charge in [0.05, 0.1) is 5.57 Å². The third-order valence-corrected chi connectivity index (χ3v) is 5.15. The van der Waals surface area contributed by atoms with E-state index in [9.17, 15) is 10.1 Å². The smallest absolute Gasteiger partial charge is 0.221 e. The molecular formula is C21H16ClN3OS. The quantitative estimate of drug-likeness (QED) is 0.570. The molecule has 134 valence electrons. The lowest BCUT2D eigenvalue weighted by molar-refractivity contribution is -0.114. The predicted octanol–water partition coefficient (Wildman–Crippen LogP) is 5.79. The second kappa shape index (κ2) is 8.17. The number of carbonyl (C=O) groups excluding carboxylic acids is 1. The number of carbonyl (C=O) groups is 1. The Morgan fingerprint density at radius 2 is 1.93 bits per heavy atom. The summed E-state index contributed by atoms with van der Waals surface area (Å²) in [6.45, 7) is 3.45. The number of nitriles is 1. The normalized spacial score (nSPS) is 11.1. The number of thiazole rings is 1. The Morgan fingerprint density at radius 1 is 1.22 bits per heavy atom. The van der Waals surface area contributed by atoms with E-state index in [2.05, 4.69) is 16.4 Å². The Hall–Kier alpha value is -2.94. The molecule has 3 rings (SSSR count). The average Bonchev–Trinajstić information content (AvgIpc) is 3.04. The van der Waals surface area contributed by atoms with Crippen LogP contribution in [0.1, 0.15) is 23.1 Å². The van der Waals surface area contributed by atoms with Crippen molar-refractivity contribution in [1.82, 2.24) is 4.98 Å². The number of aromatic nitrogens is 1. The zero-order valence-electron chi connectivity index (χ0n) is 14.8. The highest BCUT2D eigenvalue weighted by Crippen LogP contribution is 2.37. The number of benzene rings is 2. The largest absolute Gasteiger partial charge is 0.316 e. The van der Waals surface area contributed by atoms with Crippen molar-refractivity contribution in [3.8, 4) is 17.3 Å². The van der Waals surface area contributed by atoms with Crippen LogP contribution in [0.5, 0.6) is 0 Å². The molecule has 1 aromatic heterocycles. The number of halogens is 1. The topological polar surface area (TPSA) is 65.8 Å². The molecule has 1 N–H and O–H groups in total. The van der Waals surface area contributed by atoms with Crippen LogP contribution in [-0.4, -0.2) is 10.9 Å². The summed E-state index contributed by atoms with van der Waals surface area (Å²) in [5.74, 6) is -0.188. The summed E-state index contributed by atoms with van der Waals surface area (Å²) in [7, 11) is 0. The molecule has 2 aromatic carbocycles. The maximum atomic E-state index is 11.6. The van der Waals surface area contributed by atoms with Crippen LogP contribution in [-0.2, 0) is 4.79 Å². The van der Waals surface area contributed by atoms with E-state index >= 15 is 0 Å². The van der Waals surface area contributed by atoms with Crippen molar-refractivity contribution in [3.05, 3.63) is 69.7 Å². The van der Waals surface area contributed by atoms with Gasteiger partial charge in [-0.1, -0.05) is 71.0 Å². The van der Waals surface area contributed by atoms with Gasteiger partial charge in [0.1, 0.15) is 21.8 Å². The third-order valence-electron chi connectivity index (χ3n) is 3.80. The molecule has 0 aliphatic rings. The molecule has 0 radical (unpaired) electrons. The first-order valence-electron chi connectivity index (χ1n) is 8.20. The summed E-state index contributed by atoms with van der Waals surface area (Å²) in [6.07, 6.45) is 1.71. The number of amides is 1. The second-order valence-corrected chi connectivity index (χ2v) is 7.34. The van der Waals surface area contributed by atoms with Crippen LogP contribution < -0.4 is 5.32 Å². The molecule has 27 heavy (non-hydrogen) atoms. The minimum atomic E-state index is -0.188. The van der Waals surface area contributed by atoms with Crippen molar-refractivity contribution < 1.29 is 4.79 Å². The van der Waals surface area contributed by atoms with E-state index in [1.54, 1.807) is 12.1 Å². The fourth-order valence-electron chi connectivity index (χ4n) is 2.48. The van der Waals surface area contributed by atoms with E-state index in [1.807, 2.05) is 49.4 Å². The Morgan fingerprint density at radius 3 is 2.56 bits per heavy atom. The monoisotopic (exact) mass is 393 g/mol. The molecule has 1 heterocycles. The van der Waals surface area contributed by atoms with Crippen LogP contribution in [0.3, 0.4) is 0 Å². The molecule has 0 saturated carbocycles. The Kier molecular flexibility index (Phi) is 5.70. The minimum Gasteiger partial charge on any atom is -0.316 e. The van der Waals surface area contributed by atoms with Crippen molar-refractivity contribution in [3.63, 3.8) is 0 Å². The van der Waals surface area contributed by atoms with Crippen LogP contribution in [0.4, 0.5) is 5.00 Å². The fourth-order valence-corrected chi connectivity index (χ4v) is 3.67. The van der Waals surface area contributed by atoms with Crippen molar-refractivity contribution in [2.75, 3.05) is 5.32 Å². The van der Waals surface area contributed by atoms with Gasteiger partial charge in [-0.05, 0) is 24.6 Å². The van der Waals surface area contributed by atoms with E-state index in [0.717, 1.165) is 16.7 Å². The summed E-state index contributed by atoms with van der Waals surface area (Å²) >= 11 is 7.47. The highest BCUT2D eigenvalue weighted by Gasteiger charge is 2.17. The predicted molar refractivity (Wildman–Crippen MR) is 112 cm³/mol. The molecule has 0 aliphatic carbocycles. The molecule has 0 aliphatic heterocycles. The molecule has 0 fully saturated rings. The fraction of sp³-hybridized carbons (Fsp3) is 0.0952. The van der Waals surface area contributed by atoms with Gasteiger partial charge >= 0.3 is 0 Å². The number of anilines is 1. The van der Waals surface area contributed by atoms with E-state index in [4.69, 9.17) is 11.6 Å². The lowest BCUT2D eigenvalue weighted by Crippen LogP contribution is -2.05. The number of aryl methyl sites for hydroxylation is 1. The highest BCUT2D eigenvalue weighted by molar-refractivity contribution is 7.17. The lowest BCUT2D eigenvalue weighted by atomic mass is 10.1. The Labute approximate surface area is 166 Å². The van der Waals surface area contributed by atoms with Crippen molar-refractivity contribution in [1.29, 1.82) is 5.26 Å².